The predicted molar refractivity (Wildman–Crippen MR) is 127 cm³/mol. The van der Waals surface area contributed by atoms with Crippen LogP contribution in [0.25, 0.3) is 21.9 Å². The molecular formula is C26H23I. The van der Waals surface area contributed by atoms with Gasteiger partial charge in [-0.05, 0) is 91.9 Å². The quantitative estimate of drug-likeness (QED) is 0.341. The number of hydrogen-bond donors (Lipinski definition) is 0. The van der Waals surface area contributed by atoms with E-state index in [0.29, 0.717) is 0 Å². The first-order valence-corrected chi connectivity index (χ1v) is 10.4. The van der Waals surface area contributed by atoms with Crippen LogP contribution in [0.4, 0.5) is 0 Å². The van der Waals surface area contributed by atoms with E-state index in [0.717, 1.165) is 5.57 Å². The Bertz CT molecular complexity index is 1130. The smallest absolute Gasteiger partial charge is 0.0158 e. The lowest BCUT2D eigenvalue weighted by molar-refractivity contribution is 0.661. The molecule has 4 rings (SSSR count). The van der Waals surface area contributed by atoms with E-state index in [1.807, 2.05) is 0 Å². The van der Waals surface area contributed by atoms with Crippen molar-refractivity contribution in [2.45, 2.75) is 26.2 Å². The Kier molecular flexibility index (Phi) is 4.59. The SMILES string of the molecule is C=C(/C=C1\C(=C/C)c2ccccc2C1(C)C)c1ccc2cc(I)ccc2c1. The standard InChI is InChI=1S/C26H23I/c1-5-22-23-8-6-7-9-24(23)26(3,4)25(22)14-17(2)18-10-11-20-16-21(27)13-12-19(20)15-18/h5-16H,2H2,1,3-4H3/b22-5-,25-14+. The molecule has 0 unspecified atom stereocenters. The monoisotopic (exact) mass is 462 g/mol. The molecule has 0 saturated heterocycles. The molecule has 0 atom stereocenters. The normalized spacial score (nSPS) is 18.2. The van der Waals surface area contributed by atoms with Gasteiger partial charge >= 0.3 is 0 Å². The first kappa shape index (κ1) is 18.2. The van der Waals surface area contributed by atoms with Crippen molar-refractivity contribution in [2.75, 3.05) is 0 Å². The molecule has 0 spiro atoms. The third-order valence-corrected chi connectivity index (χ3v) is 6.31. The molecule has 1 aliphatic carbocycles. The summed E-state index contributed by atoms with van der Waals surface area (Å²) in [5.74, 6) is 0. The van der Waals surface area contributed by atoms with Crippen molar-refractivity contribution in [3.05, 3.63) is 105 Å². The van der Waals surface area contributed by atoms with Crippen LogP contribution in [-0.2, 0) is 5.41 Å². The molecule has 0 nitrogen and oxygen atoms in total. The van der Waals surface area contributed by atoms with Crippen molar-refractivity contribution >= 4 is 44.5 Å². The van der Waals surface area contributed by atoms with Gasteiger partial charge in [0.05, 0.1) is 0 Å². The van der Waals surface area contributed by atoms with Gasteiger partial charge in [0.25, 0.3) is 0 Å². The van der Waals surface area contributed by atoms with E-state index in [2.05, 4.69) is 123 Å². The number of hydrogen-bond acceptors (Lipinski definition) is 0. The summed E-state index contributed by atoms with van der Waals surface area (Å²) in [5.41, 5.74) is 7.63. The van der Waals surface area contributed by atoms with Gasteiger partial charge in [-0.15, -0.1) is 0 Å². The third kappa shape index (κ3) is 3.08. The highest BCUT2D eigenvalue weighted by molar-refractivity contribution is 14.1. The third-order valence-electron chi connectivity index (χ3n) is 5.63. The van der Waals surface area contributed by atoms with Crippen LogP contribution in [0.15, 0.2) is 85.0 Å². The van der Waals surface area contributed by atoms with Crippen LogP contribution < -0.4 is 0 Å². The predicted octanol–water partition coefficient (Wildman–Crippen LogP) is 7.78. The number of rotatable bonds is 2. The Morgan fingerprint density at radius 1 is 0.963 bits per heavy atom. The lowest BCUT2D eigenvalue weighted by atomic mass is 9.81. The fourth-order valence-corrected chi connectivity index (χ4v) is 4.65. The molecular weight excluding hydrogens is 439 g/mol. The van der Waals surface area contributed by atoms with Gasteiger partial charge in [0.15, 0.2) is 0 Å². The number of fused-ring (bicyclic) bond motifs is 2. The molecule has 0 bridgehead atoms. The molecule has 0 heterocycles. The van der Waals surface area contributed by atoms with Crippen LogP contribution in [0.1, 0.15) is 37.5 Å². The van der Waals surface area contributed by atoms with Gasteiger partial charge in [-0.1, -0.05) is 75.0 Å². The maximum absolute atomic E-state index is 4.40. The van der Waals surface area contributed by atoms with E-state index in [1.165, 1.54) is 42.2 Å². The molecule has 0 fully saturated rings. The van der Waals surface area contributed by atoms with E-state index in [4.69, 9.17) is 0 Å². The summed E-state index contributed by atoms with van der Waals surface area (Å²) < 4.78 is 1.26. The van der Waals surface area contributed by atoms with Gasteiger partial charge in [0.1, 0.15) is 0 Å². The molecule has 0 aliphatic heterocycles. The Hall–Kier alpha value is -2.13. The first-order chi connectivity index (χ1) is 12.9. The zero-order valence-corrected chi connectivity index (χ0v) is 18.2. The highest BCUT2D eigenvalue weighted by atomic mass is 127. The minimum Gasteiger partial charge on any atom is -0.0911 e. The highest BCUT2D eigenvalue weighted by Crippen LogP contribution is 2.50. The van der Waals surface area contributed by atoms with Gasteiger partial charge in [0.2, 0.25) is 0 Å². The molecule has 3 aromatic carbocycles. The molecule has 3 aromatic rings. The molecule has 0 aromatic heterocycles. The van der Waals surface area contributed by atoms with E-state index >= 15 is 0 Å². The van der Waals surface area contributed by atoms with Crippen LogP contribution in [0.5, 0.6) is 0 Å². The summed E-state index contributed by atoms with van der Waals surface area (Å²) in [6, 6.07) is 21.9. The lowest BCUT2D eigenvalue weighted by Crippen LogP contribution is -2.15. The molecule has 0 amide bonds. The lowest BCUT2D eigenvalue weighted by Gasteiger charge is -2.22. The van der Waals surface area contributed by atoms with Crippen LogP contribution in [0.2, 0.25) is 0 Å². The van der Waals surface area contributed by atoms with Crippen LogP contribution in [-0.4, -0.2) is 0 Å². The molecule has 0 radical (unpaired) electrons. The van der Waals surface area contributed by atoms with Gasteiger partial charge in [-0.2, -0.15) is 0 Å². The van der Waals surface area contributed by atoms with Gasteiger partial charge < -0.3 is 0 Å². The van der Waals surface area contributed by atoms with E-state index in [-0.39, 0.29) is 5.41 Å². The van der Waals surface area contributed by atoms with Crippen LogP contribution >= 0.6 is 22.6 Å². The summed E-state index contributed by atoms with van der Waals surface area (Å²) in [6.45, 7) is 11.2. The van der Waals surface area contributed by atoms with Gasteiger partial charge in [-0.3, -0.25) is 0 Å². The number of allylic oxidation sites excluding steroid dienone is 5. The van der Waals surface area contributed by atoms with Crippen molar-refractivity contribution in [2.24, 2.45) is 0 Å². The van der Waals surface area contributed by atoms with Crippen LogP contribution in [0, 0.1) is 3.57 Å². The zero-order chi connectivity index (χ0) is 19.2. The molecule has 0 saturated carbocycles. The van der Waals surface area contributed by atoms with Crippen LogP contribution in [0.3, 0.4) is 0 Å². The number of halogens is 1. The van der Waals surface area contributed by atoms with E-state index in [9.17, 15) is 0 Å². The molecule has 134 valence electrons. The van der Waals surface area contributed by atoms with Gasteiger partial charge in [-0.25, -0.2) is 0 Å². The summed E-state index contributed by atoms with van der Waals surface area (Å²) in [7, 11) is 0. The topological polar surface area (TPSA) is 0 Å². The second-order valence-electron chi connectivity index (χ2n) is 7.66. The van der Waals surface area contributed by atoms with Crippen molar-refractivity contribution in [3.63, 3.8) is 0 Å². The largest absolute Gasteiger partial charge is 0.0911 e. The maximum Gasteiger partial charge on any atom is 0.0158 e. The summed E-state index contributed by atoms with van der Waals surface area (Å²) in [4.78, 5) is 0. The van der Waals surface area contributed by atoms with Crippen molar-refractivity contribution in [3.8, 4) is 0 Å². The minimum atomic E-state index is -0.0195. The Morgan fingerprint density at radius 2 is 1.67 bits per heavy atom. The summed E-state index contributed by atoms with van der Waals surface area (Å²) >= 11 is 2.36. The average molecular weight is 462 g/mol. The Morgan fingerprint density at radius 3 is 2.44 bits per heavy atom. The van der Waals surface area contributed by atoms with E-state index in [1.54, 1.807) is 0 Å². The molecule has 27 heavy (non-hydrogen) atoms. The Labute approximate surface area is 175 Å². The fraction of sp³-hybridized carbons (Fsp3) is 0.154. The second-order valence-corrected chi connectivity index (χ2v) is 8.91. The Balaban J connectivity index is 1.79. The fourth-order valence-electron chi connectivity index (χ4n) is 4.13. The first-order valence-electron chi connectivity index (χ1n) is 9.29. The number of benzene rings is 3. The van der Waals surface area contributed by atoms with E-state index < -0.39 is 0 Å². The molecule has 1 heteroatoms. The molecule has 1 aliphatic rings. The summed E-state index contributed by atoms with van der Waals surface area (Å²) in [6.07, 6.45) is 4.51. The zero-order valence-electron chi connectivity index (χ0n) is 16.0. The molecule has 0 N–H and O–H groups in total. The van der Waals surface area contributed by atoms with Crippen molar-refractivity contribution in [1.29, 1.82) is 0 Å². The van der Waals surface area contributed by atoms with Crippen molar-refractivity contribution < 1.29 is 0 Å². The minimum absolute atomic E-state index is 0.0195. The maximum atomic E-state index is 4.40. The average Bonchev–Trinajstić information content (AvgIpc) is 2.88. The second kappa shape index (κ2) is 6.79. The van der Waals surface area contributed by atoms with Gasteiger partial charge in [0, 0.05) is 8.99 Å². The highest BCUT2D eigenvalue weighted by Gasteiger charge is 2.37. The van der Waals surface area contributed by atoms with Crippen molar-refractivity contribution in [1.82, 2.24) is 0 Å². The summed E-state index contributed by atoms with van der Waals surface area (Å²) in [5, 5.41) is 2.53.